The molecule has 2 rings (SSSR count). The Bertz CT molecular complexity index is 617. The smallest absolute Gasteiger partial charge is 0.128 e. The lowest BCUT2D eigenvalue weighted by Gasteiger charge is -2.17. The predicted molar refractivity (Wildman–Crippen MR) is 82.7 cm³/mol. The maximum Gasteiger partial charge on any atom is 0.128 e. The SMILES string of the molecule is CNC(Cc1nc(C(C)(C)C)cs1)c1cc(F)ccc1F. The van der Waals surface area contributed by atoms with E-state index in [2.05, 4.69) is 31.1 Å². The summed E-state index contributed by atoms with van der Waals surface area (Å²) in [5.41, 5.74) is 1.36. The molecule has 1 atom stereocenters. The number of nitrogens with zero attached hydrogens (tertiary/aromatic N) is 1. The predicted octanol–water partition coefficient (Wildman–Crippen LogP) is 4.22. The van der Waals surface area contributed by atoms with Crippen molar-refractivity contribution in [1.82, 2.24) is 10.3 Å². The molecular weight excluding hydrogens is 290 g/mol. The summed E-state index contributed by atoms with van der Waals surface area (Å²) in [7, 11) is 1.74. The Morgan fingerprint density at radius 3 is 2.57 bits per heavy atom. The van der Waals surface area contributed by atoms with E-state index in [0.29, 0.717) is 12.0 Å². The minimum Gasteiger partial charge on any atom is -0.313 e. The number of aromatic nitrogens is 1. The highest BCUT2D eigenvalue weighted by molar-refractivity contribution is 7.09. The van der Waals surface area contributed by atoms with Gasteiger partial charge in [0.15, 0.2) is 0 Å². The standard InChI is InChI=1S/C16H20F2N2S/c1-16(2,3)14-9-21-15(20-14)8-13(19-4)11-7-10(17)5-6-12(11)18/h5-7,9,13,19H,8H2,1-4H3. The first-order valence-electron chi connectivity index (χ1n) is 6.88. The lowest BCUT2D eigenvalue weighted by Crippen LogP contribution is -2.20. The summed E-state index contributed by atoms with van der Waals surface area (Å²) in [5.74, 6) is -0.829. The van der Waals surface area contributed by atoms with Crippen molar-refractivity contribution in [1.29, 1.82) is 0 Å². The van der Waals surface area contributed by atoms with E-state index in [9.17, 15) is 8.78 Å². The van der Waals surface area contributed by atoms with Gasteiger partial charge in [-0.25, -0.2) is 13.8 Å². The second-order valence-corrected chi connectivity index (χ2v) is 7.03. The fourth-order valence-electron chi connectivity index (χ4n) is 2.07. The highest BCUT2D eigenvalue weighted by Gasteiger charge is 2.20. The van der Waals surface area contributed by atoms with Crippen LogP contribution < -0.4 is 5.32 Å². The number of halogens is 2. The molecule has 21 heavy (non-hydrogen) atoms. The zero-order chi connectivity index (χ0) is 15.6. The highest BCUT2D eigenvalue weighted by Crippen LogP contribution is 2.27. The number of rotatable bonds is 4. The van der Waals surface area contributed by atoms with Crippen LogP contribution in [0.25, 0.3) is 0 Å². The van der Waals surface area contributed by atoms with Gasteiger partial charge in [-0.15, -0.1) is 11.3 Å². The monoisotopic (exact) mass is 310 g/mol. The van der Waals surface area contributed by atoms with Crippen LogP contribution >= 0.6 is 11.3 Å². The van der Waals surface area contributed by atoms with Crippen molar-refractivity contribution in [3.8, 4) is 0 Å². The van der Waals surface area contributed by atoms with Crippen LogP contribution in [0.5, 0.6) is 0 Å². The molecule has 2 aromatic rings. The Labute approximate surface area is 128 Å². The van der Waals surface area contributed by atoms with Crippen molar-refractivity contribution in [3.05, 3.63) is 51.5 Å². The Balaban J connectivity index is 2.23. The Hall–Kier alpha value is -1.33. The van der Waals surface area contributed by atoms with Crippen LogP contribution in [0.2, 0.25) is 0 Å². The van der Waals surface area contributed by atoms with Gasteiger partial charge in [-0.05, 0) is 25.2 Å². The first kappa shape index (κ1) is 16.0. The molecule has 0 bridgehead atoms. The fraction of sp³-hybridized carbons (Fsp3) is 0.438. The molecule has 1 heterocycles. The van der Waals surface area contributed by atoms with Gasteiger partial charge in [0.05, 0.1) is 10.7 Å². The van der Waals surface area contributed by atoms with Crippen LogP contribution in [0.15, 0.2) is 23.6 Å². The molecule has 0 amide bonds. The molecule has 1 aromatic carbocycles. The van der Waals surface area contributed by atoms with E-state index in [1.54, 1.807) is 18.4 Å². The minimum atomic E-state index is -0.429. The van der Waals surface area contributed by atoms with Gasteiger partial charge in [-0.2, -0.15) is 0 Å². The molecule has 0 spiro atoms. The lowest BCUT2D eigenvalue weighted by atomic mass is 9.93. The summed E-state index contributed by atoms with van der Waals surface area (Å²) in [6.07, 6.45) is 0.539. The molecule has 0 saturated carbocycles. The van der Waals surface area contributed by atoms with Crippen molar-refractivity contribution < 1.29 is 8.78 Å². The van der Waals surface area contributed by atoms with E-state index in [1.807, 2.05) is 5.38 Å². The summed E-state index contributed by atoms with van der Waals surface area (Å²) in [4.78, 5) is 4.61. The number of hydrogen-bond donors (Lipinski definition) is 1. The van der Waals surface area contributed by atoms with E-state index >= 15 is 0 Å². The zero-order valence-electron chi connectivity index (χ0n) is 12.7. The summed E-state index contributed by atoms with van der Waals surface area (Å²) >= 11 is 1.56. The summed E-state index contributed by atoms with van der Waals surface area (Å²) < 4.78 is 27.2. The average molecular weight is 310 g/mol. The van der Waals surface area contributed by atoms with Crippen LogP contribution in [-0.2, 0) is 11.8 Å². The average Bonchev–Trinajstić information content (AvgIpc) is 2.87. The van der Waals surface area contributed by atoms with Crippen LogP contribution in [0.3, 0.4) is 0 Å². The summed E-state index contributed by atoms with van der Waals surface area (Å²) in [6.45, 7) is 6.31. The van der Waals surface area contributed by atoms with Crippen molar-refractivity contribution >= 4 is 11.3 Å². The molecule has 0 saturated heterocycles. The maximum absolute atomic E-state index is 13.9. The number of nitrogens with one attached hydrogen (secondary N) is 1. The van der Waals surface area contributed by atoms with Crippen LogP contribution in [0, 0.1) is 11.6 Å². The Morgan fingerprint density at radius 2 is 2.00 bits per heavy atom. The van der Waals surface area contributed by atoms with E-state index < -0.39 is 11.6 Å². The zero-order valence-corrected chi connectivity index (χ0v) is 13.5. The van der Waals surface area contributed by atoms with Gasteiger partial charge in [0.2, 0.25) is 0 Å². The molecule has 0 aliphatic heterocycles. The normalized spacial score (nSPS) is 13.4. The fourth-order valence-corrected chi connectivity index (χ4v) is 3.14. The third-order valence-electron chi connectivity index (χ3n) is 3.38. The minimum absolute atomic E-state index is 0.00596. The van der Waals surface area contributed by atoms with Crippen LogP contribution in [-0.4, -0.2) is 12.0 Å². The molecule has 5 heteroatoms. The number of hydrogen-bond acceptors (Lipinski definition) is 3. The molecule has 1 N–H and O–H groups in total. The van der Waals surface area contributed by atoms with E-state index in [-0.39, 0.29) is 11.5 Å². The topological polar surface area (TPSA) is 24.9 Å². The lowest BCUT2D eigenvalue weighted by molar-refractivity contribution is 0.519. The third kappa shape index (κ3) is 3.86. The second kappa shape index (κ2) is 6.20. The van der Waals surface area contributed by atoms with E-state index in [0.717, 1.165) is 22.8 Å². The molecule has 2 nitrogen and oxygen atoms in total. The Morgan fingerprint density at radius 1 is 1.29 bits per heavy atom. The van der Waals surface area contributed by atoms with Crippen molar-refractivity contribution in [2.75, 3.05) is 7.05 Å². The van der Waals surface area contributed by atoms with Crippen molar-refractivity contribution in [3.63, 3.8) is 0 Å². The van der Waals surface area contributed by atoms with Crippen LogP contribution in [0.4, 0.5) is 8.78 Å². The molecule has 114 valence electrons. The first-order chi connectivity index (χ1) is 9.81. The third-order valence-corrected chi connectivity index (χ3v) is 4.25. The first-order valence-corrected chi connectivity index (χ1v) is 7.76. The summed E-state index contributed by atoms with van der Waals surface area (Å²) in [5, 5.41) is 5.99. The second-order valence-electron chi connectivity index (χ2n) is 6.09. The van der Waals surface area contributed by atoms with E-state index in [4.69, 9.17) is 0 Å². The molecule has 1 unspecified atom stereocenters. The summed E-state index contributed by atoms with van der Waals surface area (Å²) in [6, 6.07) is 3.25. The molecule has 1 aromatic heterocycles. The number of benzene rings is 1. The van der Waals surface area contributed by atoms with Gasteiger partial charge < -0.3 is 5.32 Å². The van der Waals surface area contributed by atoms with Gasteiger partial charge in [0.1, 0.15) is 11.6 Å². The molecule has 0 fully saturated rings. The van der Waals surface area contributed by atoms with Crippen molar-refractivity contribution in [2.45, 2.75) is 38.6 Å². The van der Waals surface area contributed by atoms with Gasteiger partial charge in [0, 0.05) is 28.8 Å². The van der Waals surface area contributed by atoms with Crippen LogP contribution in [0.1, 0.15) is 43.1 Å². The molecule has 0 aliphatic rings. The van der Waals surface area contributed by atoms with Crippen molar-refractivity contribution in [2.24, 2.45) is 0 Å². The molecular formula is C16H20F2N2S. The van der Waals surface area contributed by atoms with Gasteiger partial charge >= 0.3 is 0 Å². The number of likely N-dealkylation sites (N-methyl/N-ethyl adjacent to an activating group) is 1. The van der Waals surface area contributed by atoms with Gasteiger partial charge in [0.25, 0.3) is 0 Å². The molecule has 0 radical (unpaired) electrons. The quantitative estimate of drug-likeness (QED) is 0.914. The Kier molecular flexibility index (Phi) is 4.74. The number of thiazole rings is 1. The largest absolute Gasteiger partial charge is 0.313 e. The van der Waals surface area contributed by atoms with E-state index in [1.165, 1.54) is 6.07 Å². The molecule has 0 aliphatic carbocycles. The maximum atomic E-state index is 13.9. The highest BCUT2D eigenvalue weighted by atomic mass is 32.1. The van der Waals surface area contributed by atoms with Gasteiger partial charge in [-0.3, -0.25) is 0 Å². The van der Waals surface area contributed by atoms with Gasteiger partial charge in [-0.1, -0.05) is 20.8 Å².